The first-order valence-corrected chi connectivity index (χ1v) is 34.8. The van der Waals surface area contributed by atoms with Gasteiger partial charge in [-0.25, -0.2) is 0 Å². The summed E-state index contributed by atoms with van der Waals surface area (Å²) in [6.45, 7) is 6.59. The molecule has 0 aromatic carbocycles. The fourth-order valence-electron chi connectivity index (χ4n) is 10.4. The summed E-state index contributed by atoms with van der Waals surface area (Å²) in [6, 6.07) is 0. The maximum Gasteiger partial charge on any atom is 0.306 e. The van der Waals surface area contributed by atoms with Gasteiger partial charge in [-0.3, -0.25) is 14.4 Å². The van der Waals surface area contributed by atoms with Gasteiger partial charge in [-0.1, -0.05) is 345 Å². The summed E-state index contributed by atoms with van der Waals surface area (Å²) in [7, 11) is 0. The van der Waals surface area contributed by atoms with Gasteiger partial charge in [0.2, 0.25) is 0 Å². The van der Waals surface area contributed by atoms with Gasteiger partial charge in [-0.2, -0.15) is 0 Å². The smallest absolute Gasteiger partial charge is 0.306 e. The van der Waals surface area contributed by atoms with E-state index < -0.39 is 6.10 Å². The molecule has 0 aliphatic rings. The highest BCUT2D eigenvalue weighted by Crippen LogP contribution is 2.18. The third-order valence-corrected chi connectivity index (χ3v) is 15.5. The number of esters is 3. The molecule has 0 saturated carbocycles. The zero-order valence-electron chi connectivity index (χ0n) is 52.9. The average Bonchev–Trinajstić information content (AvgIpc) is 3.45. The number of unbranched alkanes of at least 4 members (excludes halogenated alkanes) is 43. The highest BCUT2D eigenvalue weighted by molar-refractivity contribution is 5.71. The molecule has 1 unspecified atom stereocenters. The molecule has 0 bridgehead atoms. The molecule has 0 aromatic heterocycles. The Labute approximate surface area is 491 Å². The van der Waals surface area contributed by atoms with E-state index in [1.54, 1.807) is 0 Å². The molecule has 0 heterocycles. The molecule has 0 aliphatic carbocycles. The Balaban J connectivity index is 4.32. The summed E-state index contributed by atoms with van der Waals surface area (Å²) >= 11 is 0. The number of allylic oxidation sites excluding steroid dienone is 10. The van der Waals surface area contributed by atoms with E-state index in [4.69, 9.17) is 14.2 Å². The number of rotatable bonds is 64. The molecule has 0 fully saturated rings. The fourth-order valence-corrected chi connectivity index (χ4v) is 10.4. The normalized spacial score (nSPS) is 12.4. The van der Waals surface area contributed by atoms with E-state index in [1.165, 1.54) is 231 Å². The van der Waals surface area contributed by atoms with Crippen LogP contribution < -0.4 is 0 Å². The second-order valence-corrected chi connectivity index (χ2v) is 23.4. The van der Waals surface area contributed by atoms with Gasteiger partial charge >= 0.3 is 17.9 Å². The second-order valence-electron chi connectivity index (χ2n) is 23.4. The van der Waals surface area contributed by atoms with Crippen LogP contribution in [0.4, 0.5) is 0 Å². The molecule has 0 radical (unpaired) electrons. The van der Waals surface area contributed by atoms with E-state index in [0.717, 1.165) is 96.3 Å². The summed E-state index contributed by atoms with van der Waals surface area (Å²) in [5, 5.41) is 0. The highest BCUT2D eigenvalue weighted by atomic mass is 16.6. The van der Waals surface area contributed by atoms with Crippen LogP contribution in [0, 0.1) is 0 Å². The van der Waals surface area contributed by atoms with E-state index in [1.807, 2.05) is 0 Å². The molecule has 0 saturated heterocycles. The van der Waals surface area contributed by atoms with Gasteiger partial charge in [-0.15, -0.1) is 0 Å². The second kappa shape index (κ2) is 67.6. The monoisotopic (exact) mass is 1110 g/mol. The van der Waals surface area contributed by atoms with Crippen molar-refractivity contribution in [3.8, 4) is 0 Å². The molecule has 0 N–H and O–H groups in total. The maximum absolute atomic E-state index is 13.0. The van der Waals surface area contributed by atoms with Crippen molar-refractivity contribution >= 4 is 17.9 Å². The van der Waals surface area contributed by atoms with Gasteiger partial charge in [0.25, 0.3) is 0 Å². The van der Waals surface area contributed by atoms with Crippen LogP contribution in [0.15, 0.2) is 60.8 Å². The predicted molar refractivity (Wildman–Crippen MR) is 344 cm³/mol. The number of hydrogen-bond donors (Lipinski definition) is 0. The number of carbonyl (C=O) groups excluding carboxylic acids is 3. The van der Waals surface area contributed by atoms with Gasteiger partial charge < -0.3 is 14.2 Å². The highest BCUT2D eigenvalue weighted by Gasteiger charge is 2.19. The Hall–Kier alpha value is -2.89. The largest absolute Gasteiger partial charge is 0.462 e. The van der Waals surface area contributed by atoms with E-state index in [0.29, 0.717) is 19.3 Å². The first-order chi connectivity index (χ1) is 39.0. The van der Waals surface area contributed by atoms with Gasteiger partial charge in [0.05, 0.1) is 0 Å². The van der Waals surface area contributed by atoms with Crippen LogP contribution in [0.3, 0.4) is 0 Å². The first-order valence-electron chi connectivity index (χ1n) is 34.8. The minimum Gasteiger partial charge on any atom is -0.462 e. The SMILES string of the molecule is CC/C=C\C/C=C\C/C=C\C/C=C\C/C=C\CCCCCCCCCCCC(=O)OCC(COC(=O)CCCCCCCCCCCCCCCCCC)OC(=O)CCCCCCCCCCCCCCCCCCCCCC. The lowest BCUT2D eigenvalue weighted by Gasteiger charge is -2.18. The van der Waals surface area contributed by atoms with Gasteiger partial charge in [0, 0.05) is 19.3 Å². The van der Waals surface area contributed by atoms with Crippen molar-refractivity contribution < 1.29 is 28.6 Å². The Morgan fingerprint density at radius 2 is 0.494 bits per heavy atom. The molecule has 79 heavy (non-hydrogen) atoms. The van der Waals surface area contributed by atoms with E-state index in [9.17, 15) is 14.4 Å². The van der Waals surface area contributed by atoms with Crippen LogP contribution in [0.2, 0.25) is 0 Å². The van der Waals surface area contributed by atoms with Crippen LogP contribution >= 0.6 is 0 Å². The summed E-state index contributed by atoms with van der Waals surface area (Å²) in [4.78, 5) is 38.5. The quantitative estimate of drug-likeness (QED) is 0.0261. The summed E-state index contributed by atoms with van der Waals surface area (Å²) in [5.41, 5.74) is 0. The van der Waals surface area contributed by atoms with E-state index in [2.05, 4.69) is 81.5 Å². The number of hydrogen-bond acceptors (Lipinski definition) is 6. The zero-order chi connectivity index (χ0) is 57.1. The predicted octanol–water partition coefficient (Wildman–Crippen LogP) is 23.9. The Morgan fingerprint density at radius 3 is 0.772 bits per heavy atom. The zero-order valence-corrected chi connectivity index (χ0v) is 52.9. The molecule has 0 aromatic rings. The fraction of sp³-hybridized carbons (Fsp3) is 0.822. The van der Waals surface area contributed by atoms with Crippen molar-refractivity contribution in [1.82, 2.24) is 0 Å². The lowest BCUT2D eigenvalue weighted by Crippen LogP contribution is -2.30. The van der Waals surface area contributed by atoms with Gasteiger partial charge in [-0.05, 0) is 64.2 Å². The van der Waals surface area contributed by atoms with Crippen LogP contribution in [0.1, 0.15) is 367 Å². The molecule has 0 aliphatic heterocycles. The van der Waals surface area contributed by atoms with Crippen molar-refractivity contribution in [1.29, 1.82) is 0 Å². The molecule has 460 valence electrons. The molecule has 6 heteroatoms. The Kier molecular flexibility index (Phi) is 65.1. The molecule has 0 spiro atoms. The molecular weight excluding hydrogens is 973 g/mol. The van der Waals surface area contributed by atoms with E-state index >= 15 is 0 Å². The van der Waals surface area contributed by atoms with Gasteiger partial charge in [0.15, 0.2) is 6.10 Å². The maximum atomic E-state index is 13.0. The van der Waals surface area contributed by atoms with Crippen molar-refractivity contribution in [2.45, 2.75) is 374 Å². The molecule has 0 rings (SSSR count). The van der Waals surface area contributed by atoms with Crippen LogP contribution in [-0.4, -0.2) is 37.2 Å². The Morgan fingerprint density at radius 1 is 0.266 bits per heavy atom. The van der Waals surface area contributed by atoms with Crippen molar-refractivity contribution in [2.24, 2.45) is 0 Å². The van der Waals surface area contributed by atoms with Crippen LogP contribution in [0.5, 0.6) is 0 Å². The summed E-state index contributed by atoms with van der Waals surface area (Å²) in [6.07, 6.45) is 86.6. The third kappa shape index (κ3) is 65.8. The minimum absolute atomic E-state index is 0.0701. The lowest BCUT2D eigenvalue weighted by molar-refractivity contribution is -0.167. The van der Waals surface area contributed by atoms with Crippen molar-refractivity contribution in [3.63, 3.8) is 0 Å². The van der Waals surface area contributed by atoms with Gasteiger partial charge in [0.1, 0.15) is 13.2 Å². The first kappa shape index (κ1) is 76.1. The molecule has 0 amide bonds. The van der Waals surface area contributed by atoms with Crippen LogP contribution in [0.25, 0.3) is 0 Å². The van der Waals surface area contributed by atoms with Crippen molar-refractivity contribution in [2.75, 3.05) is 13.2 Å². The lowest BCUT2D eigenvalue weighted by atomic mass is 10.0. The summed E-state index contributed by atoms with van der Waals surface area (Å²) < 4.78 is 17.0. The molecule has 1 atom stereocenters. The summed E-state index contributed by atoms with van der Waals surface area (Å²) in [5.74, 6) is -0.849. The third-order valence-electron chi connectivity index (χ3n) is 15.5. The van der Waals surface area contributed by atoms with Crippen LogP contribution in [-0.2, 0) is 28.6 Å². The molecule has 6 nitrogen and oxygen atoms in total. The molecular formula is C73H132O6. The standard InChI is InChI=1S/C73H132O6/c1-4-7-10-13-16-19-22-25-28-31-33-35-36-37-38-39-41-42-45-48-51-54-57-60-63-66-72(75)78-69-70(68-77-71(74)65-62-59-56-53-50-47-44-30-27-24-21-18-15-12-9-6-3)79-73(76)67-64-61-58-55-52-49-46-43-40-34-32-29-26-23-20-17-14-11-8-5-2/h7,10,16,19,25,28,33,35,37-38,70H,4-6,8-9,11-15,17-18,20-24,26-27,29-32,34,36,39-69H2,1-3H3/b10-7-,19-16-,28-25-,35-33-,38-37-. The van der Waals surface area contributed by atoms with Crippen molar-refractivity contribution in [3.05, 3.63) is 60.8 Å². The number of ether oxygens (including phenoxy) is 3. The average molecular weight is 1110 g/mol. The Bertz CT molecular complexity index is 1410. The minimum atomic E-state index is -0.775. The van der Waals surface area contributed by atoms with E-state index in [-0.39, 0.29) is 31.1 Å². The topological polar surface area (TPSA) is 78.9 Å². The number of carbonyl (C=O) groups is 3.